The largest absolute Gasteiger partial charge is 0.369 e. The van der Waals surface area contributed by atoms with Crippen LogP contribution < -0.4 is 15.5 Å². The topological polar surface area (TPSA) is 61.4 Å². The smallest absolute Gasteiger partial charge is 0.199 e. The number of sulfone groups is 1. The van der Waals surface area contributed by atoms with Gasteiger partial charge in [-0.3, -0.25) is 0 Å². The number of rotatable bonds is 3. The van der Waals surface area contributed by atoms with E-state index in [1.54, 1.807) is 24.3 Å². The first-order valence-electron chi connectivity index (χ1n) is 8.29. The lowest BCUT2D eigenvalue weighted by atomic mass is 10.1. The molecule has 1 unspecified atom stereocenters. The van der Waals surface area contributed by atoms with E-state index in [1.807, 2.05) is 18.2 Å². The first-order valence-corrected chi connectivity index (χ1v) is 9.84. The number of fused-ring (bicyclic) bond motifs is 1. The van der Waals surface area contributed by atoms with E-state index in [9.17, 15) is 8.42 Å². The summed E-state index contributed by atoms with van der Waals surface area (Å²) >= 11 is 0. The van der Waals surface area contributed by atoms with Crippen molar-refractivity contribution in [3.63, 3.8) is 0 Å². The molecule has 126 valence electrons. The van der Waals surface area contributed by atoms with Gasteiger partial charge >= 0.3 is 0 Å². The molecule has 1 fully saturated rings. The molecule has 2 aliphatic heterocycles. The second kappa shape index (κ2) is 6.11. The van der Waals surface area contributed by atoms with Gasteiger partial charge in [0.1, 0.15) is 5.37 Å². The minimum atomic E-state index is -3.40. The molecule has 1 atom stereocenters. The highest BCUT2D eigenvalue weighted by Crippen LogP contribution is 2.37. The maximum atomic E-state index is 12.9. The van der Waals surface area contributed by atoms with Crippen molar-refractivity contribution in [2.75, 3.05) is 36.4 Å². The van der Waals surface area contributed by atoms with Crippen molar-refractivity contribution < 1.29 is 8.42 Å². The summed E-state index contributed by atoms with van der Waals surface area (Å²) in [6, 6.07) is 14.8. The first kappa shape index (κ1) is 15.5. The first-order chi connectivity index (χ1) is 11.7. The van der Waals surface area contributed by atoms with Crippen LogP contribution in [0.15, 0.2) is 53.4 Å². The fourth-order valence-electron chi connectivity index (χ4n) is 3.50. The normalized spacial score (nSPS) is 20.5. The summed E-state index contributed by atoms with van der Waals surface area (Å²) in [6.45, 7) is 3.82. The predicted molar refractivity (Wildman–Crippen MR) is 96.3 cm³/mol. The van der Waals surface area contributed by atoms with Crippen LogP contribution in [-0.2, 0) is 16.3 Å². The lowest BCUT2D eigenvalue weighted by Crippen LogP contribution is -2.43. The van der Waals surface area contributed by atoms with Gasteiger partial charge in [0.05, 0.1) is 4.90 Å². The number of anilines is 2. The zero-order valence-corrected chi connectivity index (χ0v) is 14.2. The van der Waals surface area contributed by atoms with Crippen LogP contribution in [0.1, 0.15) is 5.56 Å². The molecule has 2 aliphatic rings. The number of nitrogens with zero attached hydrogens (tertiary/aromatic N) is 1. The monoisotopic (exact) mass is 343 g/mol. The lowest BCUT2D eigenvalue weighted by Gasteiger charge is -2.31. The molecule has 0 bridgehead atoms. The third-order valence-corrected chi connectivity index (χ3v) is 6.72. The van der Waals surface area contributed by atoms with E-state index in [0.29, 0.717) is 11.3 Å². The molecule has 0 aliphatic carbocycles. The Balaban J connectivity index is 1.65. The Morgan fingerprint density at radius 1 is 0.958 bits per heavy atom. The molecule has 2 aromatic rings. The zero-order valence-electron chi connectivity index (χ0n) is 13.4. The zero-order chi connectivity index (χ0) is 16.6. The molecule has 1 saturated heterocycles. The van der Waals surface area contributed by atoms with Gasteiger partial charge in [-0.2, -0.15) is 0 Å². The molecule has 5 nitrogen and oxygen atoms in total. The summed E-state index contributed by atoms with van der Waals surface area (Å²) < 4.78 is 25.8. The number of hydrogen-bond donors (Lipinski definition) is 2. The van der Waals surface area contributed by atoms with Gasteiger partial charge in [-0.05, 0) is 24.3 Å². The molecule has 0 saturated carbocycles. The highest BCUT2D eigenvalue weighted by molar-refractivity contribution is 7.92. The average Bonchev–Trinajstić information content (AvgIpc) is 3.08. The summed E-state index contributed by atoms with van der Waals surface area (Å²) in [6.07, 6.45) is 0.507. The van der Waals surface area contributed by atoms with Crippen molar-refractivity contribution >= 4 is 21.2 Å². The Kier molecular flexibility index (Phi) is 3.94. The van der Waals surface area contributed by atoms with Crippen molar-refractivity contribution in [2.24, 2.45) is 0 Å². The Bertz CT molecular complexity index is 831. The van der Waals surface area contributed by atoms with Gasteiger partial charge in [0.15, 0.2) is 9.84 Å². The maximum absolute atomic E-state index is 12.9. The number of hydrogen-bond acceptors (Lipinski definition) is 5. The van der Waals surface area contributed by atoms with Crippen LogP contribution in [0, 0.1) is 0 Å². The molecular weight excluding hydrogens is 322 g/mol. The van der Waals surface area contributed by atoms with Crippen LogP contribution in [0.4, 0.5) is 11.4 Å². The SMILES string of the molecule is O=S(=O)(c1ccccc1)C1Cc2c(cccc2N2CCNCC2)N1. The molecule has 2 aromatic carbocycles. The van der Waals surface area contributed by atoms with Crippen molar-refractivity contribution in [1.82, 2.24) is 5.32 Å². The lowest BCUT2D eigenvalue weighted by molar-refractivity contribution is 0.583. The standard InChI is InChI=1S/C18H21N3O2S/c22-24(23,14-5-2-1-3-6-14)18-13-15-16(20-18)7-4-8-17(15)21-11-9-19-10-12-21/h1-8,18-20H,9-13H2. The minimum Gasteiger partial charge on any atom is -0.369 e. The number of benzene rings is 2. The van der Waals surface area contributed by atoms with Gasteiger partial charge in [0.25, 0.3) is 0 Å². The third kappa shape index (κ3) is 2.65. The van der Waals surface area contributed by atoms with Crippen molar-refractivity contribution in [1.29, 1.82) is 0 Å². The molecule has 4 rings (SSSR count). The van der Waals surface area contributed by atoms with Crippen LogP contribution in [0.5, 0.6) is 0 Å². The van der Waals surface area contributed by atoms with Crippen LogP contribution >= 0.6 is 0 Å². The predicted octanol–water partition coefficient (Wildman–Crippen LogP) is 1.86. The van der Waals surface area contributed by atoms with Crippen molar-refractivity contribution in [2.45, 2.75) is 16.7 Å². The van der Waals surface area contributed by atoms with Gasteiger partial charge in [0, 0.05) is 49.5 Å². The highest BCUT2D eigenvalue weighted by Gasteiger charge is 2.35. The number of nitrogens with one attached hydrogen (secondary N) is 2. The summed E-state index contributed by atoms with van der Waals surface area (Å²) in [5.41, 5.74) is 3.21. The van der Waals surface area contributed by atoms with E-state index in [0.717, 1.165) is 43.1 Å². The molecular formula is C18H21N3O2S. The molecule has 0 aromatic heterocycles. The molecule has 0 radical (unpaired) electrons. The van der Waals surface area contributed by atoms with E-state index in [4.69, 9.17) is 0 Å². The van der Waals surface area contributed by atoms with Crippen LogP contribution in [0.25, 0.3) is 0 Å². The molecule has 24 heavy (non-hydrogen) atoms. The summed E-state index contributed by atoms with van der Waals surface area (Å²) in [4.78, 5) is 2.72. The van der Waals surface area contributed by atoms with E-state index >= 15 is 0 Å². The average molecular weight is 343 g/mol. The van der Waals surface area contributed by atoms with E-state index in [-0.39, 0.29) is 0 Å². The minimum absolute atomic E-state index is 0.374. The van der Waals surface area contributed by atoms with Gasteiger partial charge in [-0.15, -0.1) is 0 Å². The van der Waals surface area contributed by atoms with Gasteiger partial charge in [-0.25, -0.2) is 8.42 Å². The summed E-state index contributed by atoms with van der Waals surface area (Å²) in [7, 11) is -3.40. The maximum Gasteiger partial charge on any atom is 0.199 e. The van der Waals surface area contributed by atoms with Gasteiger partial charge in [-0.1, -0.05) is 24.3 Å². The Morgan fingerprint density at radius 2 is 1.71 bits per heavy atom. The van der Waals surface area contributed by atoms with Crippen LogP contribution in [0.3, 0.4) is 0 Å². The fourth-order valence-corrected chi connectivity index (χ4v) is 5.03. The highest BCUT2D eigenvalue weighted by atomic mass is 32.2. The van der Waals surface area contributed by atoms with Gasteiger partial charge in [0.2, 0.25) is 0 Å². The van der Waals surface area contributed by atoms with E-state index in [2.05, 4.69) is 21.6 Å². The van der Waals surface area contributed by atoms with Gasteiger partial charge < -0.3 is 15.5 Å². The van der Waals surface area contributed by atoms with Crippen LogP contribution in [-0.4, -0.2) is 40.0 Å². The second-order valence-corrected chi connectivity index (χ2v) is 8.37. The Labute approximate surface area is 142 Å². The molecule has 6 heteroatoms. The molecule has 2 N–H and O–H groups in total. The number of piperazine rings is 1. The molecule has 0 amide bonds. The Morgan fingerprint density at radius 3 is 2.46 bits per heavy atom. The fraction of sp³-hybridized carbons (Fsp3) is 0.333. The van der Waals surface area contributed by atoms with E-state index in [1.165, 1.54) is 0 Å². The molecule has 2 heterocycles. The third-order valence-electron chi connectivity index (χ3n) is 4.76. The summed E-state index contributed by atoms with van der Waals surface area (Å²) in [5.74, 6) is 0. The Hall–Kier alpha value is -2.05. The van der Waals surface area contributed by atoms with Crippen molar-refractivity contribution in [3.8, 4) is 0 Å². The molecule has 0 spiro atoms. The van der Waals surface area contributed by atoms with Crippen molar-refractivity contribution in [3.05, 3.63) is 54.1 Å². The van der Waals surface area contributed by atoms with Crippen LogP contribution in [0.2, 0.25) is 0 Å². The van der Waals surface area contributed by atoms with E-state index < -0.39 is 15.2 Å². The quantitative estimate of drug-likeness (QED) is 0.891. The summed E-state index contributed by atoms with van der Waals surface area (Å²) in [5, 5.41) is 5.98. The second-order valence-electron chi connectivity index (χ2n) is 6.24.